The van der Waals surface area contributed by atoms with Crippen LogP contribution in [0.2, 0.25) is 0 Å². The lowest BCUT2D eigenvalue weighted by Crippen LogP contribution is -2.11. The van der Waals surface area contributed by atoms with Crippen molar-refractivity contribution in [2.24, 2.45) is 5.92 Å². The molecule has 0 aliphatic carbocycles. The largest absolute Gasteiger partial charge is 0.362 e. The normalized spacial score (nSPS) is 12.4. The standard InChI is InChI=1S/C13H23N/c1-10(2)6-7-11-8-9-12(14-11)13(3,4)5/h8-10,14H,6-7H2,1-5H3. The Morgan fingerprint density at radius 2 is 1.86 bits per heavy atom. The summed E-state index contributed by atoms with van der Waals surface area (Å²) < 4.78 is 0. The number of rotatable bonds is 3. The van der Waals surface area contributed by atoms with E-state index in [2.05, 4.69) is 51.7 Å². The van der Waals surface area contributed by atoms with Crippen LogP contribution in [0, 0.1) is 5.92 Å². The van der Waals surface area contributed by atoms with Crippen LogP contribution in [0.5, 0.6) is 0 Å². The highest BCUT2D eigenvalue weighted by Gasteiger charge is 2.15. The maximum Gasteiger partial charge on any atom is 0.0203 e. The Bertz CT molecular complexity index is 276. The Hall–Kier alpha value is -0.720. The van der Waals surface area contributed by atoms with E-state index in [9.17, 15) is 0 Å². The summed E-state index contributed by atoms with van der Waals surface area (Å²) in [4.78, 5) is 3.51. The first-order chi connectivity index (χ1) is 6.39. The van der Waals surface area contributed by atoms with E-state index in [0.29, 0.717) is 0 Å². The predicted molar refractivity (Wildman–Crippen MR) is 62.7 cm³/mol. The number of nitrogens with one attached hydrogen (secondary N) is 1. The van der Waals surface area contributed by atoms with Crippen LogP contribution in [0.15, 0.2) is 12.1 Å². The van der Waals surface area contributed by atoms with E-state index in [1.165, 1.54) is 24.2 Å². The summed E-state index contributed by atoms with van der Waals surface area (Å²) in [5.41, 5.74) is 2.97. The zero-order valence-electron chi connectivity index (χ0n) is 10.1. The summed E-state index contributed by atoms with van der Waals surface area (Å²) in [6, 6.07) is 4.44. The first-order valence-electron chi connectivity index (χ1n) is 5.58. The molecule has 0 saturated carbocycles. The zero-order chi connectivity index (χ0) is 10.8. The van der Waals surface area contributed by atoms with Crippen molar-refractivity contribution < 1.29 is 0 Å². The lowest BCUT2D eigenvalue weighted by molar-refractivity contribution is 0.561. The van der Waals surface area contributed by atoms with Crippen LogP contribution in [0.25, 0.3) is 0 Å². The van der Waals surface area contributed by atoms with Gasteiger partial charge in [-0.05, 0) is 30.9 Å². The van der Waals surface area contributed by atoms with E-state index in [0.717, 1.165) is 5.92 Å². The molecule has 1 aromatic rings. The smallest absolute Gasteiger partial charge is 0.0203 e. The third-order valence-electron chi connectivity index (χ3n) is 2.55. The number of H-pyrrole nitrogens is 1. The maximum absolute atomic E-state index is 3.51. The van der Waals surface area contributed by atoms with Crippen molar-refractivity contribution in [2.75, 3.05) is 0 Å². The molecule has 1 heteroatoms. The number of hydrogen-bond donors (Lipinski definition) is 1. The zero-order valence-corrected chi connectivity index (χ0v) is 10.1. The molecule has 0 unspecified atom stereocenters. The van der Waals surface area contributed by atoms with Crippen LogP contribution in [0.1, 0.15) is 52.4 Å². The Balaban J connectivity index is 2.60. The van der Waals surface area contributed by atoms with Crippen LogP contribution in [0.3, 0.4) is 0 Å². The number of aromatic nitrogens is 1. The Morgan fingerprint density at radius 3 is 2.29 bits per heavy atom. The van der Waals surface area contributed by atoms with Gasteiger partial charge in [-0.1, -0.05) is 34.6 Å². The molecule has 1 rings (SSSR count). The van der Waals surface area contributed by atoms with E-state index in [-0.39, 0.29) is 5.41 Å². The highest BCUT2D eigenvalue weighted by Crippen LogP contribution is 2.21. The molecule has 0 aliphatic rings. The second kappa shape index (κ2) is 4.20. The molecule has 0 atom stereocenters. The van der Waals surface area contributed by atoms with Gasteiger partial charge in [-0.3, -0.25) is 0 Å². The van der Waals surface area contributed by atoms with Crippen molar-refractivity contribution in [1.82, 2.24) is 4.98 Å². The van der Waals surface area contributed by atoms with Crippen molar-refractivity contribution in [3.63, 3.8) is 0 Å². The predicted octanol–water partition coefficient (Wildman–Crippen LogP) is 3.90. The van der Waals surface area contributed by atoms with Crippen LogP contribution in [0.4, 0.5) is 0 Å². The van der Waals surface area contributed by atoms with E-state index < -0.39 is 0 Å². The fourth-order valence-electron chi connectivity index (χ4n) is 1.47. The van der Waals surface area contributed by atoms with Gasteiger partial charge in [0.15, 0.2) is 0 Å². The van der Waals surface area contributed by atoms with E-state index in [1.54, 1.807) is 0 Å². The summed E-state index contributed by atoms with van der Waals surface area (Å²) >= 11 is 0. The molecule has 14 heavy (non-hydrogen) atoms. The summed E-state index contributed by atoms with van der Waals surface area (Å²) in [5, 5.41) is 0. The van der Waals surface area contributed by atoms with Crippen LogP contribution < -0.4 is 0 Å². The van der Waals surface area contributed by atoms with Gasteiger partial charge in [0.05, 0.1) is 0 Å². The Morgan fingerprint density at radius 1 is 1.21 bits per heavy atom. The summed E-state index contributed by atoms with van der Waals surface area (Å²) in [7, 11) is 0. The molecule has 0 aromatic carbocycles. The fraction of sp³-hybridized carbons (Fsp3) is 0.692. The van der Waals surface area contributed by atoms with Crippen molar-refractivity contribution >= 4 is 0 Å². The van der Waals surface area contributed by atoms with E-state index >= 15 is 0 Å². The van der Waals surface area contributed by atoms with E-state index in [1.807, 2.05) is 0 Å². The minimum atomic E-state index is 0.246. The molecule has 0 amide bonds. The molecule has 1 heterocycles. The fourth-order valence-corrected chi connectivity index (χ4v) is 1.47. The lowest BCUT2D eigenvalue weighted by Gasteiger charge is -2.16. The Labute approximate surface area is 87.9 Å². The molecule has 0 spiro atoms. The second-order valence-corrected chi connectivity index (χ2v) is 5.58. The molecule has 1 N–H and O–H groups in total. The van der Waals surface area contributed by atoms with E-state index in [4.69, 9.17) is 0 Å². The maximum atomic E-state index is 3.51. The Kier molecular flexibility index (Phi) is 3.41. The van der Waals surface area contributed by atoms with Crippen LogP contribution in [-0.2, 0) is 11.8 Å². The molecule has 0 saturated heterocycles. The lowest BCUT2D eigenvalue weighted by atomic mass is 9.93. The van der Waals surface area contributed by atoms with Gasteiger partial charge in [-0.2, -0.15) is 0 Å². The van der Waals surface area contributed by atoms with Crippen LogP contribution >= 0.6 is 0 Å². The molecular formula is C13H23N. The summed E-state index contributed by atoms with van der Waals surface area (Å²) in [6.07, 6.45) is 2.44. The number of aryl methyl sites for hydroxylation is 1. The molecule has 0 fully saturated rings. The monoisotopic (exact) mass is 193 g/mol. The topological polar surface area (TPSA) is 15.8 Å². The molecule has 0 aliphatic heterocycles. The van der Waals surface area contributed by atoms with Gasteiger partial charge in [0.1, 0.15) is 0 Å². The van der Waals surface area contributed by atoms with Gasteiger partial charge < -0.3 is 4.98 Å². The van der Waals surface area contributed by atoms with Crippen molar-refractivity contribution in [1.29, 1.82) is 0 Å². The third-order valence-corrected chi connectivity index (χ3v) is 2.55. The minimum absolute atomic E-state index is 0.246. The second-order valence-electron chi connectivity index (χ2n) is 5.58. The number of aromatic amines is 1. The molecule has 1 aromatic heterocycles. The summed E-state index contributed by atoms with van der Waals surface area (Å²) in [5.74, 6) is 0.788. The number of hydrogen-bond acceptors (Lipinski definition) is 0. The van der Waals surface area contributed by atoms with Crippen molar-refractivity contribution in [3.05, 3.63) is 23.5 Å². The quantitative estimate of drug-likeness (QED) is 0.749. The van der Waals surface area contributed by atoms with Gasteiger partial charge in [0.2, 0.25) is 0 Å². The SMILES string of the molecule is CC(C)CCc1ccc(C(C)(C)C)[nH]1. The average Bonchev–Trinajstić information content (AvgIpc) is 2.47. The van der Waals surface area contributed by atoms with Gasteiger partial charge in [0.25, 0.3) is 0 Å². The molecule has 0 bridgehead atoms. The van der Waals surface area contributed by atoms with Gasteiger partial charge in [0, 0.05) is 16.8 Å². The molecule has 1 nitrogen and oxygen atoms in total. The van der Waals surface area contributed by atoms with Gasteiger partial charge in [-0.15, -0.1) is 0 Å². The first-order valence-corrected chi connectivity index (χ1v) is 5.58. The van der Waals surface area contributed by atoms with Crippen molar-refractivity contribution in [2.45, 2.75) is 52.9 Å². The molecule has 0 radical (unpaired) electrons. The molecular weight excluding hydrogens is 170 g/mol. The third kappa shape index (κ3) is 3.21. The van der Waals surface area contributed by atoms with Gasteiger partial charge >= 0.3 is 0 Å². The highest BCUT2D eigenvalue weighted by molar-refractivity contribution is 5.19. The average molecular weight is 193 g/mol. The van der Waals surface area contributed by atoms with Crippen molar-refractivity contribution in [3.8, 4) is 0 Å². The first kappa shape index (κ1) is 11.4. The minimum Gasteiger partial charge on any atom is -0.362 e. The van der Waals surface area contributed by atoms with Crippen LogP contribution in [-0.4, -0.2) is 4.98 Å². The van der Waals surface area contributed by atoms with Gasteiger partial charge in [-0.25, -0.2) is 0 Å². The molecule has 80 valence electrons. The highest BCUT2D eigenvalue weighted by atomic mass is 14.7. The summed E-state index contributed by atoms with van der Waals surface area (Å²) in [6.45, 7) is 11.3.